The summed E-state index contributed by atoms with van der Waals surface area (Å²) in [6.07, 6.45) is 1.42. The maximum absolute atomic E-state index is 12.8. The lowest BCUT2D eigenvalue weighted by molar-refractivity contribution is 0.584. The maximum atomic E-state index is 12.8. The van der Waals surface area contributed by atoms with Crippen LogP contribution in [0.5, 0.6) is 0 Å². The number of rotatable bonds is 3. The number of aromatic nitrogens is 4. The topological polar surface area (TPSA) is 66.5 Å². The van der Waals surface area contributed by atoms with E-state index in [-0.39, 0.29) is 6.04 Å². The molecule has 2 N–H and O–H groups in total. The monoisotopic (exact) mass is 207 g/mol. The van der Waals surface area contributed by atoms with E-state index < -0.39 is 5.95 Å². The van der Waals surface area contributed by atoms with Crippen LogP contribution in [-0.4, -0.2) is 20.2 Å². The lowest BCUT2D eigenvalue weighted by atomic mass is 10.3. The fourth-order valence-corrected chi connectivity index (χ4v) is 1.20. The van der Waals surface area contributed by atoms with Gasteiger partial charge in [0, 0.05) is 0 Å². The predicted molar refractivity (Wildman–Crippen MR) is 52.6 cm³/mol. The molecule has 1 atom stereocenters. The zero-order valence-corrected chi connectivity index (χ0v) is 8.11. The minimum absolute atomic E-state index is 0.0956. The van der Waals surface area contributed by atoms with Gasteiger partial charge in [-0.3, -0.25) is 5.10 Å². The van der Waals surface area contributed by atoms with Gasteiger partial charge in [0.2, 0.25) is 5.95 Å². The van der Waals surface area contributed by atoms with Gasteiger partial charge >= 0.3 is 0 Å². The zero-order chi connectivity index (χ0) is 10.7. The lowest BCUT2D eigenvalue weighted by Crippen LogP contribution is -2.09. The van der Waals surface area contributed by atoms with E-state index in [9.17, 15) is 4.39 Å². The van der Waals surface area contributed by atoms with Crippen LogP contribution in [0.25, 0.3) is 0 Å². The third-order valence-corrected chi connectivity index (χ3v) is 1.92. The minimum atomic E-state index is -0.509. The summed E-state index contributed by atoms with van der Waals surface area (Å²) in [7, 11) is 0. The van der Waals surface area contributed by atoms with E-state index in [0.717, 1.165) is 0 Å². The number of pyridine rings is 1. The molecule has 0 bridgehead atoms. The first-order chi connectivity index (χ1) is 7.25. The van der Waals surface area contributed by atoms with Crippen LogP contribution in [0.15, 0.2) is 24.5 Å². The van der Waals surface area contributed by atoms with Gasteiger partial charge in [-0.2, -0.15) is 9.49 Å². The molecule has 2 heterocycles. The first kappa shape index (κ1) is 9.57. The Morgan fingerprint density at radius 3 is 3.00 bits per heavy atom. The summed E-state index contributed by atoms with van der Waals surface area (Å²) in [4.78, 5) is 7.67. The first-order valence-electron chi connectivity index (χ1n) is 4.50. The highest BCUT2D eigenvalue weighted by Crippen LogP contribution is 2.13. The molecule has 2 aromatic heterocycles. The second kappa shape index (κ2) is 4.04. The van der Waals surface area contributed by atoms with Gasteiger partial charge < -0.3 is 5.32 Å². The number of hydrogen-bond acceptors (Lipinski definition) is 4. The molecule has 0 amide bonds. The Kier molecular flexibility index (Phi) is 2.57. The van der Waals surface area contributed by atoms with Crippen molar-refractivity contribution in [2.75, 3.05) is 5.32 Å². The number of nitrogens with zero attached hydrogens (tertiary/aromatic N) is 3. The standard InChI is InChI=1S/C9H10FN5/c1-6(9-11-5-12-15-9)13-8-4-2-3-7(10)14-8/h2-6H,1H3,(H,13,14)(H,11,12,15). The second-order valence-corrected chi connectivity index (χ2v) is 3.08. The predicted octanol–water partition coefficient (Wildman–Crippen LogP) is 1.51. The average molecular weight is 207 g/mol. The van der Waals surface area contributed by atoms with Crippen LogP contribution in [0.3, 0.4) is 0 Å². The molecule has 2 aromatic rings. The molecular weight excluding hydrogens is 197 g/mol. The third-order valence-electron chi connectivity index (χ3n) is 1.92. The summed E-state index contributed by atoms with van der Waals surface area (Å²) in [5.41, 5.74) is 0. The summed E-state index contributed by atoms with van der Waals surface area (Å²) in [5.74, 6) is 0.643. The van der Waals surface area contributed by atoms with Crippen molar-refractivity contribution in [3.63, 3.8) is 0 Å². The molecular formula is C9H10FN5. The van der Waals surface area contributed by atoms with Crippen molar-refractivity contribution >= 4 is 5.82 Å². The van der Waals surface area contributed by atoms with Gasteiger partial charge in [-0.15, -0.1) is 0 Å². The van der Waals surface area contributed by atoms with Gasteiger partial charge in [0.05, 0.1) is 6.04 Å². The molecule has 2 rings (SSSR count). The molecule has 6 heteroatoms. The third kappa shape index (κ3) is 2.28. The van der Waals surface area contributed by atoms with Gasteiger partial charge in [0.25, 0.3) is 0 Å². The van der Waals surface area contributed by atoms with E-state index in [1.807, 2.05) is 6.92 Å². The molecule has 0 saturated carbocycles. The highest BCUT2D eigenvalue weighted by molar-refractivity contribution is 5.35. The summed E-state index contributed by atoms with van der Waals surface area (Å²) in [5, 5.41) is 9.46. The number of halogens is 1. The first-order valence-corrected chi connectivity index (χ1v) is 4.50. The van der Waals surface area contributed by atoms with E-state index in [1.54, 1.807) is 12.1 Å². The molecule has 0 fully saturated rings. The fourth-order valence-electron chi connectivity index (χ4n) is 1.20. The Hall–Kier alpha value is -1.98. The minimum Gasteiger partial charge on any atom is -0.360 e. The van der Waals surface area contributed by atoms with Crippen molar-refractivity contribution in [3.8, 4) is 0 Å². The summed E-state index contributed by atoms with van der Waals surface area (Å²) in [6, 6.07) is 4.49. The van der Waals surface area contributed by atoms with Crippen LogP contribution >= 0.6 is 0 Å². The maximum Gasteiger partial charge on any atom is 0.214 e. The van der Waals surface area contributed by atoms with Crippen LogP contribution in [0, 0.1) is 5.95 Å². The SMILES string of the molecule is CC(Nc1cccc(F)n1)c1ncn[nH]1. The molecule has 0 radical (unpaired) electrons. The Balaban J connectivity index is 2.09. The normalized spacial score (nSPS) is 12.4. The Morgan fingerprint density at radius 2 is 2.33 bits per heavy atom. The van der Waals surface area contributed by atoms with E-state index in [4.69, 9.17) is 0 Å². The summed E-state index contributed by atoms with van der Waals surface area (Å²) in [6.45, 7) is 1.88. The van der Waals surface area contributed by atoms with Crippen LogP contribution < -0.4 is 5.32 Å². The second-order valence-electron chi connectivity index (χ2n) is 3.08. The fraction of sp³-hybridized carbons (Fsp3) is 0.222. The molecule has 78 valence electrons. The Bertz CT molecular complexity index is 428. The van der Waals surface area contributed by atoms with Crippen LogP contribution in [0.2, 0.25) is 0 Å². The highest BCUT2D eigenvalue weighted by Gasteiger charge is 2.08. The largest absolute Gasteiger partial charge is 0.360 e. The number of nitrogens with one attached hydrogen (secondary N) is 2. The number of anilines is 1. The van der Waals surface area contributed by atoms with Crippen LogP contribution in [0.4, 0.5) is 10.2 Å². The summed E-state index contributed by atoms with van der Waals surface area (Å²) < 4.78 is 12.8. The van der Waals surface area contributed by atoms with Crippen LogP contribution in [0.1, 0.15) is 18.8 Å². The molecule has 0 spiro atoms. The highest BCUT2D eigenvalue weighted by atomic mass is 19.1. The van der Waals surface area contributed by atoms with Crippen molar-refractivity contribution in [3.05, 3.63) is 36.3 Å². The van der Waals surface area contributed by atoms with Gasteiger partial charge in [0.15, 0.2) is 0 Å². The molecule has 0 aliphatic heterocycles. The number of hydrogen-bond donors (Lipinski definition) is 2. The van der Waals surface area contributed by atoms with Crippen molar-refractivity contribution in [2.24, 2.45) is 0 Å². The van der Waals surface area contributed by atoms with Gasteiger partial charge in [-0.1, -0.05) is 6.07 Å². The smallest absolute Gasteiger partial charge is 0.214 e. The van der Waals surface area contributed by atoms with E-state index in [1.165, 1.54) is 12.4 Å². The van der Waals surface area contributed by atoms with Crippen molar-refractivity contribution < 1.29 is 4.39 Å². The van der Waals surface area contributed by atoms with E-state index >= 15 is 0 Å². The van der Waals surface area contributed by atoms with Gasteiger partial charge in [-0.05, 0) is 19.1 Å². The molecule has 0 aromatic carbocycles. The number of aromatic amines is 1. The molecule has 0 aliphatic rings. The van der Waals surface area contributed by atoms with Crippen molar-refractivity contribution in [1.29, 1.82) is 0 Å². The van der Waals surface area contributed by atoms with Gasteiger partial charge in [-0.25, -0.2) is 9.97 Å². The average Bonchev–Trinajstić information content (AvgIpc) is 2.70. The molecule has 1 unspecified atom stereocenters. The van der Waals surface area contributed by atoms with E-state index in [0.29, 0.717) is 11.6 Å². The molecule has 5 nitrogen and oxygen atoms in total. The van der Waals surface area contributed by atoms with Gasteiger partial charge in [0.1, 0.15) is 18.0 Å². The molecule has 0 aliphatic carbocycles. The lowest BCUT2D eigenvalue weighted by Gasteiger charge is -2.10. The van der Waals surface area contributed by atoms with Crippen molar-refractivity contribution in [2.45, 2.75) is 13.0 Å². The van der Waals surface area contributed by atoms with E-state index in [2.05, 4.69) is 25.5 Å². The molecule has 15 heavy (non-hydrogen) atoms. The summed E-state index contributed by atoms with van der Waals surface area (Å²) >= 11 is 0. The van der Waals surface area contributed by atoms with Crippen molar-refractivity contribution in [1.82, 2.24) is 20.2 Å². The Morgan fingerprint density at radius 1 is 1.47 bits per heavy atom. The Labute approximate surface area is 85.8 Å². The zero-order valence-electron chi connectivity index (χ0n) is 8.11. The molecule has 0 saturated heterocycles. The van der Waals surface area contributed by atoms with Crippen LogP contribution in [-0.2, 0) is 0 Å². The number of H-pyrrole nitrogens is 1. The quantitative estimate of drug-likeness (QED) is 0.749.